The van der Waals surface area contributed by atoms with Gasteiger partial charge in [0.05, 0.1) is 4.90 Å². The van der Waals surface area contributed by atoms with Crippen molar-refractivity contribution in [3.8, 4) is 0 Å². The average molecular weight is 252 g/mol. The molecule has 2 heterocycles. The number of hydrogen-bond donors (Lipinski definition) is 2. The maximum absolute atomic E-state index is 11.1. The quantitative estimate of drug-likeness (QED) is 0.806. The van der Waals surface area contributed by atoms with E-state index in [9.17, 15) is 4.79 Å². The van der Waals surface area contributed by atoms with Crippen LogP contribution in [0.5, 0.6) is 0 Å². The van der Waals surface area contributed by atoms with Gasteiger partial charge in [-0.15, -0.1) is 11.8 Å². The van der Waals surface area contributed by atoms with Gasteiger partial charge in [-0.1, -0.05) is 12.8 Å². The van der Waals surface area contributed by atoms with Crippen LogP contribution in [0.1, 0.15) is 36.2 Å². The SMILES string of the molecule is Cn1c(C(=O)O)cc2c1NCC1(CCCC1)S2. The Morgan fingerprint density at radius 2 is 2.24 bits per heavy atom. The molecule has 17 heavy (non-hydrogen) atoms. The van der Waals surface area contributed by atoms with Gasteiger partial charge in [-0.2, -0.15) is 0 Å². The zero-order chi connectivity index (χ0) is 12.0. The van der Waals surface area contributed by atoms with Crippen molar-refractivity contribution in [1.82, 2.24) is 4.57 Å². The molecule has 1 fully saturated rings. The number of rotatable bonds is 1. The second-order valence-corrected chi connectivity index (χ2v) is 6.46. The Kier molecular flexibility index (Phi) is 2.40. The normalized spacial score (nSPS) is 21.2. The highest BCUT2D eigenvalue weighted by Crippen LogP contribution is 2.50. The number of nitrogens with zero attached hydrogens (tertiary/aromatic N) is 1. The minimum Gasteiger partial charge on any atom is -0.477 e. The maximum atomic E-state index is 11.1. The van der Waals surface area contributed by atoms with E-state index in [0.29, 0.717) is 10.4 Å². The molecule has 0 bridgehead atoms. The van der Waals surface area contributed by atoms with E-state index in [-0.39, 0.29) is 0 Å². The molecule has 1 aliphatic carbocycles. The van der Waals surface area contributed by atoms with Crippen LogP contribution in [-0.4, -0.2) is 26.9 Å². The lowest BCUT2D eigenvalue weighted by Crippen LogP contribution is -2.33. The summed E-state index contributed by atoms with van der Waals surface area (Å²) in [5, 5.41) is 12.5. The molecule has 0 atom stereocenters. The van der Waals surface area contributed by atoms with E-state index in [1.54, 1.807) is 10.6 Å². The van der Waals surface area contributed by atoms with E-state index in [1.807, 2.05) is 18.8 Å². The summed E-state index contributed by atoms with van der Waals surface area (Å²) < 4.78 is 2.05. The number of nitrogens with one attached hydrogen (secondary N) is 1. The summed E-state index contributed by atoms with van der Waals surface area (Å²) in [5.74, 6) is 0.106. The standard InChI is InChI=1S/C12H16N2O2S/c1-14-8(11(15)16)6-9-10(14)13-7-12(17-9)4-2-3-5-12/h6,13H,2-5,7H2,1H3,(H,15,16). The predicted molar refractivity (Wildman–Crippen MR) is 67.9 cm³/mol. The van der Waals surface area contributed by atoms with E-state index in [0.717, 1.165) is 17.3 Å². The Bertz CT molecular complexity index is 475. The van der Waals surface area contributed by atoms with Gasteiger partial charge >= 0.3 is 5.97 Å². The molecule has 1 aromatic heterocycles. The summed E-state index contributed by atoms with van der Waals surface area (Å²) in [6.45, 7) is 0.960. The Labute approximate surface area is 104 Å². The van der Waals surface area contributed by atoms with Gasteiger partial charge in [0.1, 0.15) is 11.5 Å². The van der Waals surface area contributed by atoms with Gasteiger partial charge < -0.3 is 15.0 Å². The third-order valence-corrected chi connectivity index (χ3v) is 5.35. The first kappa shape index (κ1) is 11.0. The largest absolute Gasteiger partial charge is 0.477 e. The van der Waals surface area contributed by atoms with Crippen LogP contribution >= 0.6 is 11.8 Å². The first-order chi connectivity index (χ1) is 8.11. The summed E-state index contributed by atoms with van der Waals surface area (Å²) in [5.41, 5.74) is 0.366. The lowest BCUT2D eigenvalue weighted by atomic mass is 10.1. The fraction of sp³-hybridized carbons (Fsp3) is 0.583. The molecule has 0 aromatic carbocycles. The molecule has 2 aliphatic rings. The molecular weight excluding hydrogens is 236 g/mol. The van der Waals surface area contributed by atoms with Crippen molar-refractivity contribution in [2.24, 2.45) is 7.05 Å². The molecule has 1 aromatic rings. The fourth-order valence-corrected chi connectivity index (χ4v) is 4.46. The Balaban J connectivity index is 1.97. The number of fused-ring (bicyclic) bond motifs is 1. The van der Waals surface area contributed by atoms with E-state index in [1.165, 1.54) is 25.7 Å². The zero-order valence-electron chi connectivity index (χ0n) is 9.82. The van der Waals surface area contributed by atoms with Crippen LogP contribution in [0.15, 0.2) is 11.0 Å². The molecule has 2 N–H and O–H groups in total. The van der Waals surface area contributed by atoms with Crippen LogP contribution in [0.3, 0.4) is 0 Å². The van der Waals surface area contributed by atoms with Crippen molar-refractivity contribution >= 4 is 23.5 Å². The van der Waals surface area contributed by atoms with Gasteiger partial charge in [-0.3, -0.25) is 0 Å². The van der Waals surface area contributed by atoms with Gasteiger partial charge in [-0.25, -0.2) is 4.79 Å². The maximum Gasteiger partial charge on any atom is 0.352 e. The van der Waals surface area contributed by atoms with Crippen molar-refractivity contribution in [1.29, 1.82) is 0 Å². The summed E-state index contributed by atoms with van der Waals surface area (Å²) in [4.78, 5) is 12.2. The molecule has 92 valence electrons. The lowest BCUT2D eigenvalue weighted by Gasteiger charge is -2.33. The van der Waals surface area contributed by atoms with E-state index >= 15 is 0 Å². The molecule has 0 radical (unpaired) electrons. The highest BCUT2D eigenvalue weighted by Gasteiger charge is 2.39. The molecule has 1 saturated carbocycles. The zero-order valence-corrected chi connectivity index (χ0v) is 10.6. The van der Waals surface area contributed by atoms with Gasteiger partial charge in [-0.05, 0) is 18.9 Å². The average Bonchev–Trinajstić information content (AvgIpc) is 2.85. The monoisotopic (exact) mass is 252 g/mol. The summed E-state index contributed by atoms with van der Waals surface area (Å²) >= 11 is 1.87. The van der Waals surface area contributed by atoms with E-state index in [2.05, 4.69) is 5.32 Å². The lowest BCUT2D eigenvalue weighted by molar-refractivity contribution is 0.0686. The third kappa shape index (κ3) is 1.64. The minimum absolute atomic E-state index is 0.310. The van der Waals surface area contributed by atoms with Gasteiger partial charge in [0.25, 0.3) is 0 Å². The molecule has 0 unspecified atom stereocenters. The van der Waals surface area contributed by atoms with Crippen LogP contribution in [0, 0.1) is 0 Å². The van der Waals surface area contributed by atoms with E-state index < -0.39 is 5.97 Å². The number of carbonyl (C=O) groups is 1. The summed E-state index contributed by atoms with van der Waals surface area (Å²) in [6.07, 6.45) is 5.06. The van der Waals surface area contributed by atoms with Crippen molar-refractivity contribution in [2.75, 3.05) is 11.9 Å². The highest BCUT2D eigenvalue weighted by atomic mass is 32.2. The Morgan fingerprint density at radius 1 is 1.53 bits per heavy atom. The van der Waals surface area contributed by atoms with Crippen LogP contribution < -0.4 is 5.32 Å². The first-order valence-corrected chi connectivity index (χ1v) is 6.79. The fourth-order valence-electron chi connectivity index (χ4n) is 2.88. The Hall–Kier alpha value is -1.10. The minimum atomic E-state index is -0.857. The topological polar surface area (TPSA) is 54.3 Å². The van der Waals surface area contributed by atoms with Crippen molar-refractivity contribution in [3.05, 3.63) is 11.8 Å². The number of hydrogen-bond acceptors (Lipinski definition) is 3. The summed E-state index contributed by atoms with van der Waals surface area (Å²) in [6, 6.07) is 1.80. The number of carboxylic acid groups (broad SMARTS) is 1. The molecule has 1 aliphatic heterocycles. The van der Waals surface area contributed by atoms with E-state index in [4.69, 9.17) is 5.11 Å². The highest BCUT2D eigenvalue weighted by molar-refractivity contribution is 8.01. The van der Waals surface area contributed by atoms with Crippen LogP contribution in [0.25, 0.3) is 0 Å². The molecule has 1 spiro atoms. The number of anilines is 1. The number of aromatic nitrogens is 1. The van der Waals surface area contributed by atoms with Crippen LogP contribution in [0.2, 0.25) is 0 Å². The van der Waals surface area contributed by atoms with Gasteiger partial charge in [0, 0.05) is 18.3 Å². The van der Waals surface area contributed by atoms with Gasteiger partial charge in [0.15, 0.2) is 0 Å². The molecule has 0 saturated heterocycles. The second kappa shape index (κ2) is 3.70. The second-order valence-electron chi connectivity index (χ2n) is 4.95. The van der Waals surface area contributed by atoms with Crippen molar-refractivity contribution in [3.63, 3.8) is 0 Å². The smallest absolute Gasteiger partial charge is 0.352 e. The first-order valence-electron chi connectivity index (χ1n) is 5.97. The Morgan fingerprint density at radius 3 is 2.88 bits per heavy atom. The molecule has 4 nitrogen and oxygen atoms in total. The molecule has 0 amide bonds. The number of thioether (sulfide) groups is 1. The van der Waals surface area contributed by atoms with Crippen molar-refractivity contribution < 1.29 is 9.90 Å². The van der Waals surface area contributed by atoms with Crippen LogP contribution in [0.4, 0.5) is 5.82 Å². The number of aromatic carboxylic acids is 1. The van der Waals surface area contributed by atoms with Gasteiger partial charge in [0.2, 0.25) is 0 Å². The summed E-state index contributed by atoms with van der Waals surface area (Å²) in [7, 11) is 1.81. The van der Waals surface area contributed by atoms with Crippen LogP contribution in [-0.2, 0) is 7.05 Å². The molecular formula is C12H16N2O2S. The third-order valence-electron chi connectivity index (χ3n) is 3.84. The molecule has 5 heteroatoms. The van der Waals surface area contributed by atoms with Crippen molar-refractivity contribution in [2.45, 2.75) is 35.3 Å². The predicted octanol–water partition coefficient (Wildman–Crippen LogP) is 2.55. The molecule has 3 rings (SSSR count). The number of carboxylic acids is 1.